The van der Waals surface area contributed by atoms with Crippen molar-refractivity contribution in [1.29, 1.82) is 0 Å². The van der Waals surface area contributed by atoms with E-state index in [0.29, 0.717) is 25.0 Å². The highest BCUT2D eigenvalue weighted by Crippen LogP contribution is 2.09. The maximum atomic E-state index is 11.5. The van der Waals surface area contributed by atoms with Crippen LogP contribution in [0.2, 0.25) is 0 Å². The molecule has 0 aliphatic carbocycles. The Morgan fingerprint density at radius 3 is 2.17 bits per heavy atom. The zero-order valence-electron chi connectivity index (χ0n) is 12.0. The van der Waals surface area contributed by atoms with E-state index in [1.54, 1.807) is 6.92 Å². The van der Waals surface area contributed by atoms with Gasteiger partial charge >= 0.3 is 0 Å². The lowest BCUT2D eigenvalue weighted by atomic mass is 10.0. The summed E-state index contributed by atoms with van der Waals surface area (Å²) in [5.41, 5.74) is 0. The van der Waals surface area contributed by atoms with Gasteiger partial charge in [-0.25, -0.2) is 0 Å². The molecule has 0 amide bonds. The Hall–Kier alpha value is -0.920. The van der Waals surface area contributed by atoms with Crippen molar-refractivity contribution in [2.45, 2.75) is 78.1 Å². The summed E-state index contributed by atoms with van der Waals surface area (Å²) in [6.07, 6.45) is 13.9. The normalized spacial score (nSPS) is 11.0. The van der Waals surface area contributed by atoms with Crippen molar-refractivity contribution in [3.8, 4) is 0 Å². The van der Waals surface area contributed by atoms with Crippen LogP contribution < -0.4 is 0 Å². The van der Waals surface area contributed by atoms with Gasteiger partial charge in [0.15, 0.2) is 0 Å². The van der Waals surface area contributed by atoms with Crippen molar-refractivity contribution in [2.75, 3.05) is 0 Å². The molecule has 0 saturated heterocycles. The van der Waals surface area contributed by atoms with Gasteiger partial charge in [0.05, 0.1) is 0 Å². The van der Waals surface area contributed by atoms with Crippen LogP contribution in [0.15, 0.2) is 12.2 Å². The molecule has 0 N–H and O–H groups in total. The van der Waals surface area contributed by atoms with Crippen LogP contribution in [0.1, 0.15) is 78.1 Å². The van der Waals surface area contributed by atoms with Gasteiger partial charge in [-0.2, -0.15) is 0 Å². The lowest BCUT2D eigenvalue weighted by molar-refractivity contribution is -0.119. The molecule has 0 bridgehead atoms. The van der Waals surface area contributed by atoms with E-state index in [9.17, 15) is 9.59 Å². The summed E-state index contributed by atoms with van der Waals surface area (Å²) in [5.74, 6) is 0.505. The fraction of sp³-hybridized carbons (Fsp3) is 0.750. The average molecular weight is 252 g/mol. The average Bonchev–Trinajstić information content (AvgIpc) is 2.32. The Labute approximate surface area is 112 Å². The second-order valence-electron chi connectivity index (χ2n) is 4.93. The molecular weight excluding hydrogens is 224 g/mol. The van der Waals surface area contributed by atoms with Crippen molar-refractivity contribution in [1.82, 2.24) is 0 Å². The number of unbranched alkanes of at least 4 members (excludes halogenated alkanes) is 4. The van der Waals surface area contributed by atoms with E-state index in [0.717, 1.165) is 25.7 Å². The first-order valence-corrected chi connectivity index (χ1v) is 7.33. The van der Waals surface area contributed by atoms with E-state index < -0.39 is 0 Å². The summed E-state index contributed by atoms with van der Waals surface area (Å²) < 4.78 is 0. The molecule has 104 valence electrons. The van der Waals surface area contributed by atoms with E-state index in [-0.39, 0.29) is 5.78 Å². The molecular formula is C16H28O2. The van der Waals surface area contributed by atoms with Crippen LogP contribution in [0, 0.1) is 0 Å². The van der Waals surface area contributed by atoms with Crippen molar-refractivity contribution in [2.24, 2.45) is 0 Å². The summed E-state index contributed by atoms with van der Waals surface area (Å²) in [7, 11) is 0. The van der Waals surface area contributed by atoms with Crippen molar-refractivity contribution in [3.05, 3.63) is 12.2 Å². The number of hydrogen-bond donors (Lipinski definition) is 0. The quantitative estimate of drug-likeness (QED) is 0.375. The number of allylic oxidation sites excluding steroid dienone is 2. The van der Waals surface area contributed by atoms with Gasteiger partial charge in [0, 0.05) is 19.3 Å². The largest absolute Gasteiger partial charge is 0.300 e. The fourth-order valence-electron chi connectivity index (χ4n) is 1.88. The summed E-state index contributed by atoms with van der Waals surface area (Å²) in [6.45, 7) is 3.73. The van der Waals surface area contributed by atoms with E-state index >= 15 is 0 Å². The molecule has 0 aromatic rings. The molecule has 0 fully saturated rings. The number of hydrogen-bond acceptors (Lipinski definition) is 2. The minimum atomic E-state index is 0.183. The third-order valence-electron chi connectivity index (χ3n) is 2.96. The van der Waals surface area contributed by atoms with Crippen LogP contribution in [-0.2, 0) is 9.59 Å². The van der Waals surface area contributed by atoms with Crippen LogP contribution in [0.4, 0.5) is 0 Å². The van der Waals surface area contributed by atoms with Gasteiger partial charge in [0.1, 0.15) is 11.6 Å². The molecule has 0 radical (unpaired) electrons. The van der Waals surface area contributed by atoms with Crippen molar-refractivity contribution < 1.29 is 9.59 Å². The molecule has 0 atom stereocenters. The fourth-order valence-corrected chi connectivity index (χ4v) is 1.88. The first kappa shape index (κ1) is 17.1. The maximum Gasteiger partial charge on any atom is 0.132 e. The third kappa shape index (κ3) is 13.1. The minimum Gasteiger partial charge on any atom is -0.300 e. The number of Topliss-reactive ketones (excluding diaryl/α,β-unsaturated/α-hetero) is 2. The molecule has 2 heteroatoms. The van der Waals surface area contributed by atoms with Crippen LogP contribution in [0.25, 0.3) is 0 Å². The first-order valence-electron chi connectivity index (χ1n) is 7.33. The summed E-state index contributed by atoms with van der Waals surface area (Å²) in [5, 5.41) is 0. The van der Waals surface area contributed by atoms with Gasteiger partial charge in [-0.3, -0.25) is 4.79 Å². The molecule has 2 nitrogen and oxygen atoms in total. The van der Waals surface area contributed by atoms with Gasteiger partial charge < -0.3 is 4.79 Å². The molecule has 0 heterocycles. The Kier molecular flexibility index (Phi) is 11.9. The predicted molar refractivity (Wildman–Crippen MR) is 76.7 cm³/mol. The van der Waals surface area contributed by atoms with Crippen molar-refractivity contribution >= 4 is 11.6 Å². The number of carbonyl (C=O) groups is 2. The molecule has 0 aromatic heterocycles. The Bertz CT molecular complexity index is 254. The Morgan fingerprint density at radius 2 is 1.50 bits per heavy atom. The highest BCUT2D eigenvalue weighted by Gasteiger charge is 2.02. The smallest absolute Gasteiger partial charge is 0.132 e. The van der Waals surface area contributed by atoms with Crippen molar-refractivity contribution in [3.63, 3.8) is 0 Å². The molecule has 18 heavy (non-hydrogen) atoms. The number of ketones is 2. The van der Waals surface area contributed by atoms with E-state index in [4.69, 9.17) is 0 Å². The monoisotopic (exact) mass is 252 g/mol. The molecule has 0 aromatic carbocycles. The zero-order chi connectivity index (χ0) is 13.6. The molecule has 0 saturated carbocycles. The van der Waals surface area contributed by atoms with Crippen LogP contribution in [-0.4, -0.2) is 11.6 Å². The number of carbonyl (C=O) groups excluding carboxylic acids is 2. The SMILES string of the molecule is CCC=CCCCCCCC(=O)CCCC(C)=O. The summed E-state index contributed by atoms with van der Waals surface area (Å²) in [4.78, 5) is 22.2. The van der Waals surface area contributed by atoms with E-state index in [1.807, 2.05) is 0 Å². The highest BCUT2D eigenvalue weighted by atomic mass is 16.1. The van der Waals surface area contributed by atoms with E-state index in [1.165, 1.54) is 19.3 Å². The highest BCUT2D eigenvalue weighted by molar-refractivity contribution is 5.80. The summed E-state index contributed by atoms with van der Waals surface area (Å²) >= 11 is 0. The second-order valence-corrected chi connectivity index (χ2v) is 4.93. The van der Waals surface area contributed by atoms with Gasteiger partial charge in [0.25, 0.3) is 0 Å². The first-order chi connectivity index (χ1) is 8.66. The molecule has 0 aliphatic rings. The molecule has 0 rings (SSSR count). The Balaban J connectivity index is 3.25. The zero-order valence-corrected chi connectivity index (χ0v) is 12.0. The molecule has 0 aliphatic heterocycles. The lowest BCUT2D eigenvalue weighted by Crippen LogP contribution is -1.99. The topological polar surface area (TPSA) is 34.1 Å². The lowest BCUT2D eigenvalue weighted by Gasteiger charge is -2.00. The predicted octanol–water partition coefficient (Wildman–Crippen LogP) is 4.62. The summed E-state index contributed by atoms with van der Waals surface area (Å²) in [6, 6.07) is 0. The maximum absolute atomic E-state index is 11.5. The van der Waals surface area contributed by atoms with Gasteiger partial charge in [-0.05, 0) is 39.0 Å². The molecule has 0 spiro atoms. The number of rotatable bonds is 12. The Morgan fingerprint density at radius 1 is 0.833 bits per heavy atom. The molecule has 0 unspecified atom stereocenters. The van der Waals surface area contributed by atoms with Crippen LogP contribution in [0.5, 0.6) is 0 Å². The second kappa shape index (κ2) is 12.5. The van der Waals surface area contributed by atoms with Gasteiger partial charge in [-0.15, -0.1) is 0 Å². The minimum absolute atomic E-state index is 0.183. The standard InChI is InChI=1S/C16H28O2/c1-3-4-5-6-7-8-9-10-13-16(18)14-11-12-15(2)17/h4-5H,3,6-14H2,1-2H3. The van der Waals surface area contributed by atoms with E-state index in [2.05, 4.69) is 19.1 Å². The van der Waals surface area contributed by atoms with Gasteiger partial charge in [0.2, 0.25) is 0 Å². The third-order valence-corrected chi connectivity index (χ3v) is 2.96. The van der Waals surface area contributed by atoms with Gasteiger partial charge in [-0.1, -0.05) is 31.9 Å². The van der Waals surface area contributed by atoms with Crippen LogP contribution in [0.3, 0.4) is 0 Å². The van der Waals surface area contributed by atoms with Crippen LogP contribution >= 0.6 is 0 Å².